The number of hydrogen-bond acceptors (Lipinski definition) is 3. The number of amides is 1. The van der Waals surface area contributed by atoms with E-state index in [0.717, 1.165) is 11.4 Å². The molecule has 0 fully saturated rings. The minimum Gasteiger partial charge on any atom is -0.350 e. The third kappa shape index (κ3) is 1.79. The van der Waals surface area contributed by atoms with Gasteiger partial charge in [-0.25, -0.2) is 4.79 Å². The molecule has 0 aliphatic heterocycles. The van der Waals surface area contributed by atoms with E-state index in [-0.39, 0.29) is 5.92 Å². The van der Waals surface area contributed by atoms with Gasteiger partial charge in [0.15, 0.2) is 0 Å². The lowest BCUT2D eigenvalue weighted by atomic mass is 10.0. The normalized spacial score (nSPS) is 12.3. The molecule has 2 aromatic heterocycles. The van der Waals surface area contributed by atoms with Gasteiger partial charge in [-0.2, -0.15) is 9.78 Å². The summed E-state index contributed by atoms with van der Waals surface area (Å²) in [6, 6.07) is 6.85. The molecule has 1 amide bonds. The van der Waals surface area contributed by atoms with Crippen LogP contribution in [0.25, 0.3) is 0 Å². The monoisotopic (exact) mass is 216 g/mol. The van der Waals surface area contributed by atoms with Crippen molar-refractivity contribution in [3.63, 3.8) is 0 Å². The predicted octanol–water partition coefficient (Wildman–Crippen LogP) is 1.36. The summed E-state index contributed by atoms with van der Waals surface area (Å²) in [5.74, 6) is -0.0174. The molecule has 0 bridgehead atoms. The maximum absolute atomic E-state index is 11.1. The van der Waals surface area contributed by atoms with E-state index in [1.165, 1.54) is 4.68 Å². The summed E-state index contributed by atoms with van der Waals surface area (Å²) >= 11 is 0. The molecule has 0 aliphatic rings. The summed E-state index contributed by atoms with van der Waals surface area (Å²) in [6.07, 6.45) is 3.27. The number of aromatic nitrogens is 3. The number of carbonyl (C=O) groups excluding carboxylic acids is 1. The quantitative estimate of drug-likeness (QED) is 0.823. The van der Waals surface area contributed by atoms with Crippen LogP contribution in [0.2, 0.25) is 0 Å². The number of rotatable bonds is 2. The third-order valence-electron chi connectivity index (χ3n) is 2.46. The Kier molecular flexibility index (Phi) is 2.68. The zero-order valence-electron chi connectivity index (χ0n) is 8.87. The minimum atomic E-state index is -0.581. The van der Waals surface area contributed by atoms with Gasteiger partial charge >= 0.3 is 6.03 Å². The summed E-state index contributed by atoms with van der Waals surface area (Å²) in [6.45, 7) is 1.96. The fourth-order valence-electron chi connectivity index (χ4n) is 1.61. The van der Waals surface area contributed by atoms with Crippen LogP contribution in [-0.4, -0.2) is 20.8 Å². The summed E-state index contributed by atoms with van der Waals surface area (Å²) in [7, 11) is 0. The van der Waals surface area contributed by atoms with Crippen LogP contribution >= 0.6 is 0 Å². The maximum atomic E-state index is 11.1. The van der Waals surface area contributed by atoms with Gasteiger partial charge in [0.25, 0.3) is 0 Å². The van der Waals surface area contributed by atoms with Crippen LogP contribution in [0.4, 0.5) is 4.79 Å². The highest BCUT2D eigenvalue weighted by molar-refractivity contribution is 5.74. The van der Waals surface area contributed by atoms with E-state index < -0.39 is 6.03 Å². The van der Waals surface area contributed by atoms with E-state index in [1.807, 2.05) is 25.1 Å². The topological polar surface area (TPSA) is 73.8 Å². The highest BCUT2D eigenvalue weighted by Gasteiger charge is 2.16. The van der Waals surface area contributed by atoms with Crippen LogP contribution in [0.15, 0.2) is 36.7 Å². The average molecular weight is 216 g/mol. The van der Waals surface area contributed by atoms with Gasteiger partial charge in [0.05, 0.1) is 5.69 Å². The van der Waals surface area contributed by atoms with E-state index in [9.17, 15) is 4.79 Å². The summed E-state index contributed by atoms with van der Waals surface area (Å²) in [5, 5.41) is 3.88. The first-order valence-electron chi connectivity index (χ1n) is 4.95. The SMILES string of the molecule is CC(c1ccccn1)c1ccnn1C(N)=O. The molecular formula is C11H12N4O. The van der Waals surface area contributed by atoms with Gasteiger partial charge in [-0.15, -0.1) is 0 Å². The zero-order chi connectivity index (χ0) is 11.5. The molecule has 0 aromatic carbocycles. The predicted molar refractivity (Wildman–Crippen MR) is 59.0 cm³/mol. The molecule has 5 heteroatoms. The van der Waals surface area contributed by atoms with Gasteiger partial charge in [-0.05, 0) is 18.2 Å². The van der Waals surface area contributed by atoms with Gasteiger partial charge < -0.3 is 5.73 Å². The molecule has 2 heterocycles. The Hall–Kier alpha value is -2.17. The maximum Gasteiger partial charge on any atom is 0.339 e. The lowest BCUT2D eigenvalue weighted by molar-refractivity contribution is 0.247. The first-order chi connectivity index (χ1) is 7.70. The average Bonchev–Trinajstić information content (AvgIpc) is 2.78. The van der Waals surface area contributed by atoms with Crippen molar-refractivity contribution in [2.45, 2.75) is 12.8 Å². The smallest absolute Gasteiger partial charge is 0.339 e. The van der Waals surface area contributed by atoms with Gasteiger partial charge in [0, 0.05) is 24.0 Å². The zero-order valence-corrected chi connectivity index (χ0v) is 8.87. The van der Waals surface area contributed by atoms with Crippen LogP contribution in [-0.2, 0) is 0 Å². The number of primary amides is 1. The molecule has 2 rings (SSSR count). The molecule has 82 valence electrons. The fourth-order valence-corrected chi connectivity index (χ4v) is 1.61. The van der Waals surface area contributed by atoms with E-state index in [2.05, 4.69) is 10.1 Å². The van der Waals surface area contributed by atoms with Crippen molar-refractivity contribution in [3.05, 3.63) is 48.0 Å². The molecular weight excluding hydrogens is 204 g/mol. The van der Waals surface area contributed by atoms with Crippen LogP contribution in [0.1, 0.15) is 24.2 Å². The third-order valence-corrected chi connectivity index (χ3v) is 2.46. The van der Waals surface area contributed by atoms with E-state index in [4.69, 9.17) is 5.73 Å². The summed E-state index contributed by atoms with van der Waals surface area (Å²) < 4.78 is 1.19. The van der Waals surface area contributed by atoms with Crippen molar-refractivity contribution in [1.29, 1.82) is 0 Å². The van der Waals surface area contributed by atoms with E-state index in [0.29, 0.717) is 0 Å². The first kappa shape index (κ1) is 10.4. The van der Waals surface area contributed by atoms with Crippen molar-refractivity contribution >= 4 is 6.03 Å². The summed E-state index contributed by atoms with van der Waals surface area (Å²) in [4.78, 5) is 15.4. The Morgan fingerprint density at radius 3 is 2.81 bits per heavy atom. The Bertz CT molecular complexity index is 492. The van der Waals surface area contributed by atoms with Gasteiger partial charge in [-0.3, -0.25) is 4.98 Å². The van der Waals surface area contributed by atoms with Crippen LogP contribution < -0.4 is 5.73 Å². The highest BCUT2D eigenvalue weighted by atomic mass is 16.2. The molecule has 0 radical (unpaired) electrons. The standard InChI is InChI=1S/C11H12N4O/c1-8(9-4-2-3-6-13-9)10-5-7-14-15(10)11(12)16/h2-8H,1H3,(H2,12,16). The summed E-state index contributed by atoms with van der Waals surface area (Å²) in [5.41, 5.74) is 6.84. The fraction of sp³-hybridized carbons (Fsp3) is 0.182. The highest BCUT2D eigenvalue weighted by Crippen LogP contribution is 2.21. The Morgan fingerprint density at radius 1 is 1.38 bits per heavy atom. The van der Waals surface area contributed by atoms with Crippen molar-refractivity contribution in [2.75, 3.05) is 0 Å². The number of pyridine rings is 1. The molecule has 0 saturated heterocycles. The Balaban J connectivity index is 2.38. The molecule has 0 aliphatic carbocycles. The molecule has 0 saturated carbocycles. The molecule has 2 aromatic rings. The lowest BCUT2D eigenvalue weighted by Gasteiger charge is -2.11. The molecule has 2 N–H and O–H groups in total. The largest absolute Gasteiger partial charge is 0.350 e. The van der Waals surface area contributed by atoms with Crippen LogP contribution in [0.5, 0.6) is 0 Å². The second-order valence-electron chi connectivity index (χ2n) is 3.48. The molecule has 16 heavy (non-hydrogen) atoms. The number of carbonyl (C=O) groups is 1. The first-order valence-corrected chi connectivity index (χ1v) is 4.95. The van der Waals surface area contributed by atoms with E-state index in [1.54, 1.807) is 18.5 Å². The van der Waals surface area contributed by atoms with Crippen molar-refractivity contribution in [2.24, 2.45) is 5.73 Å². The second kappa shape index (κ2) is 4.14. The molecule has 1 atom stereocenters. The Morgan fingerprint density at radius 2 is 2.19 bits per heavy atom. The number of hydrogen-bond donors (Lipinski definition) is 1. The van der Waals surface area contributed by atoms with Crippen LogP contribution in [0.3, 0.4) is 0 Å². The second-order valence-corrected chi connectivity index (χ2v) is 3.48. The van der Waals surface area contributed by atoms with Crippen molar-refractivity contribution in [3.8, 4) is 0 Å². The van der Waals surface area contributed by atoms with Crippen molar-refractivity contribution in [1.82, 2.24) is 14.8 Å². The van der Waals surface area contributed by atoms with Gasteiger partial charge in [0.2, 0.25) is 0 Å². The molecule has 0 spiro atoms. The molecule has 5 nitrogen and oxygen atoms in total. The van der Waals surface area contributed by atoms with Crippen LogP contribution in [0, 0.1) is 0 Å². The van der Waals surface area contributed by atoms with E-state index >= 15 is 0 Å². The lowest BCUT2D eigenvalue weighted by Crippen LogP contribution is -2.24. The number of nitrogens with zero attached hydrogens (tertiary/aromatic N) is 3. The van der Waals surface area contributed by atoms with Gasteiger partial charge in [-0.1, -0.05) is 13.0 Å². The van der Waals surface area contributed by atoms with Crippen molar-refractivity contribution < 1.29 is 4.79 Å². The van der Waals surface area contributed by atoms with Gasteiger partial charge in [0.1, 0.15) is 0 Å². The molecule has 1 unspecified atom stereocenters. The minimum absolute atomic E-state index is 0.0174. The Labute approximate surface area is 92.9 Å². The number of nitrogens with two attached hydrogens (primary N) is 1.